The molecule has 0 radical (unpaired) electrons. The van der Waals surface area contributed by atoms with Crippen LogP contribution in [-0.2, 0) is 0 Å². The number of hydrogen-bond donors (Lipinski definition) is 0. The lowest BCUT2D eigenvalue weighted by molar-refractivity contribution is 0.163. The first-order chi connectivity index (χ1) is 12.1. The Morgan fingerprint density at radius 1 is 1.04 bits per heavy atom. The first-order valence-corrected chi connectivity index (χ1v) is 8.20. The van der Waals surface area contributed by atoms with E-state index in [9.17, 15) is 4.79 Å². The van der Waals surface area contributed by atoms with E-state index in [1.54, 1.807) is 16.8 Å². The van der Waals surface area contributed by atoms with Gasteiger partial charge in [-0.2, -0.15) is 0 Å². The normalized spacial score (nSPS) is 23.2. The van der Waals surface area contributed by atoms with Crippen molar-refractivity contribution >= 4 is 41.2 Å². The van der Waals surface area contributed by atoms with Crippen LogP contribution in [0.5, 0.6) is 0 Å². The van der Waals surface area contributed by atoms with Crippen LogP contribution in [0.3, 0.4) is 0 Å². The number of benzene rings is 1. The van der Waals surface area contributed by atoms with Crippen LogP contribution in [0.1, 0.15) is 11.3 Å². The number of furan rings is 1. The van der Waals surface area contributed by atoms with Crippen molar-refractivity contribution in [2.45, 2.75) is 5.54 Å². The lowest BCUT2D eigenvalue weighted by Gasteiger charge is -2.43. The van der Waals surface area contributed by atoms with Crippen molar-refractivity contribution in [1.29, 1.82) is 0 Å². The number of para-hydroxylation sites is 1. The minimum Gasteiger partial charge on any atom is -0.454 e. The van der Waals surface area contributed by atoms with E-state index >= 15 is 0 Å². The molecular weight excluding hydrogens is 350 g/mol. The summed E-state index contributed by atoms with van der Waals surface area (Å²) in [6.07, 6.45) is 14.0. The van der Waals surface area contributed by atoms with Crippen LogP contribution in [-0.4, -0.2) is 40.4 Å². The predicted octanol–water partition coefficient (Wildman–Crippen LogP) is 4.26. The van der Waals surface area contributed by atoms with Crippen molar-refractivity contribution in [3.8, 4) is 0 Å². The molecule has 3 aliphatic heterocycles. The molecule has 0 fully saturated rings. The van der Waals surface area contributed by atoms with Crippen LogP contribution in [0.2, 0.25) is 0 Å². The van der Waals surface area contributed by atoms with Crippen molar-refractivity contribution < 1.29 is 9.21 Å². The van der Waals surface area contributed by atoms with E-state index in [0.717, 1.165) is 28.0 Å². The van der Waals surface area contributed by atoms with Gasteiger partial charge in [0.05, 0.1) is 5.70 Å². The highest BCUT2D eigenvalue weighted by Crippen LogP contribution is 2.41. The summed E-state index contributed by atoms with van der Waals surface area (Å²) >= 11 is 0. The molecule has 5 rings (SSSR count). The van der Waals surface area contributed by atoms with Crippen LogP contribution in [0.4, 0.5) is 4.79 Å². The molecule has 1 atom stereocenters. The van der Waals surface area contributed by atoms with Gasteiger partial charge in [-0.15, -0.1) is 12.4 Å². The summed E-state index contributed by atoms with van der Waals surface area (Å²) in [6.45, 7) is 0. The number of fused-ring (bicyclic) bond motifs is 5. The zero-order chi connectivity index (χ0) is 17.2. The van der Waals surface area contributed by atoms with Crippen molar-refractivity contribution in [2.75, 3.05) is 14.1 Å². The van der Waals surface area contributed by atoms with Crippen LogP contribution in [0, 0.1) is 0 Å². The second kappa shape index (κ2) is 5.54. The van der Waals surface area contributed by atoms with Crippen LogP contribution in [0.15, 0.2) is 65.5 Å². The largest absolute Gasteiger partial charge is 0.454 e. The summed E-state index contributed by atoms with van der Waals surface area (Å²) in [6, 6.07) is 7.99. The Balaban J connectivity index is 0.00000168. The molecule has 0 saturated carbocycles. The molecule has 132 valence electrons. The number of hydrogen-bond acceptors (Lipinski definition) is 3. The van der Waals surface area contributed by atoms with Gasteiger partial charge in [-0.3, -0.25) is 0 Å². The summed E-state index contributed by atoms with van der Waals surface area (Å²) < 4.78 is 6.14. The molecule has 2 amide bonds. The SMILES string of the molecule is CN1C=CC2(C=CN3C=Cc4c(oc5ccccc45)C3=C2)N(C)C1=O.Cl. The predicted molar refractivity (Wildman–Crippen MR) is 104 cm³/mol. The van der Waals surface area contributed by atoms with E-state index in [1.807, 2.05) is 60.9 Å². The quantitative estimate of drug-likeness (QED) is 0.698. The highest BCUT2D eigenvalue weighted by Gasteiger charge is 2.39. The molecule has 0 bridgehead atoms. The molecule has 1 spiro atoms. The smallest absolute Gasteiger partial charge is 0.324 e. The molecule has 1 aromatic carbocycles. The average Bonchev–Trinajstić information content (AvgIpc) is 3.03. The molecule has 6 heteroatoms. The van der Waals surface area contributed by atoms with Crippen molar-refractivity contribution in [1.82, 2.24) is 14.7 Å². The standard InChI is InChI=1S/C20H17N3O2.ClH/c1-21-11-8-20(22(2)19(21)24)9-12-23-10-7-15-14-5-3-4-6-17(14)25-18(15)16(23)13-20;/h3-13H,1-2H3;1H. The van der Waals surface area contributed by atoms with Crippen molar-refractivity contribution in [2.24, 2.45) is 0 Å². The maximum absolute atomic E-state index is 12.4. The van der Waals surface area contributed by atoms with E-state index in [-0.39, 0.29) is 18.4 Å². The summed E-state index contributed by atoms with van der Waals surface area (Å²) in [5, 5.41) is 1.10. The second-order valence-electron chi connectivity index (χ2n) is 6.56. The first kappa shape index (κ1) is 16.5. The van der Waals surface area contributed by atoms with Gasteiger partial charge in [0, 0.05) is 43.6 Å². The molecule has 26 heavy (non-hydrogen) atoms. The summed E-state index contributed by atoms with van der Waals surface area (Å²) in [7, 11) is 3.58. The fraction of sp³-hybridized carbons (Fsp3) is 0.150. The molecular formula is C20H18ClN3O2. The lowest BCUT2D eigenvalue weighted by Crippen LogP contribution is -2.53. The number of rotatable bonds is 0. The van der Waals surface area contributed by atoms with Gasteiger partial charge in [0.15, 0.2) is 5.76 Å². The zero-order valence-corrected chi connectivity index (χ0v) is 15.2. The van der Waals surface area contributed by atoms with Crippen molar-refractivity contribution in [3.63, 3.8) is 0 Å². The third kappa shape index (κ3) is 2.07. The molecule has 1 aromatic heterocycles. The van der Waals surface area contributed by atoms with Crippen LogP contribution in [0.25, 0.3) is 22.7 Å². The third-order valence-corrected chi connectivity index (χ3v) is 5.15. The number of halogens is 1. The molecule has 0 aliphatic carbocycles. The summed E-state index contributed by atoms with van der Waals surface area (Å²) in [5.74, 6) is 0.834. The maximum Gasteiger partial charge on any atom is 0.324 e. The maximum atomic E-state index is 12.4. The van der Waals surface area contributed by atoms with Crippen LogP contribution >= 0.6 is 12.4 Å². The minimum atomic E-state index is -0.586. The lowest BCUT2D eigenvalue weighted by atomic mass is 9.90. The number of likely N-dealkylation sites (N-methyl/N-ethyl adjacent to an activating group) is 1. The number of carbonyl (C=O) groups excluding carboxylic acids is 1. The Labute approximate surface area is 157 Å². The van der Waals surface area contributed by atoms with E-state index < -0.39 is 5.54 Å². The molecule has 1 unspecified atom stereocenters. The molecule has 0 saturated heterocycles. The Kier molecular flexibility index (Phi) is 3.53. The molecule has 2 aromatic rings. The Morgan fingerprint density at radius 2 is 1.81 bits per heavy atom. The van der Waals surface area contributed by atoms with Gasteiger partial charge >= 0.3 is 6.03 Å². The van der Waals surface area contributed by atoms with E-state index in [4.69, 9.17) is 4.42 Å². The Bertz CT molecular complexity index is 1030. The molecule has 3 aliphatic rings. The van der Waals surface area contributed by atoms with Gasteiger partial charge in [0.25, 0.3) is 0 Å². The molecule has 5 nitrogen and oxygen atoms in total. The van der Waals surface area contributed by atoms with Crippen molar-refractivity contribution in [3.05, 3.63) is 72.4 Å². The average molecular weight is 368 g/mol. The second-order valence-corrected chi connectivity index (χ2v) is 6.56. The summed E-state index contributed by atoms with van der Waals surface area (Å²) in [4.78, 5) is 17.8. The number of nitrogens with zero attached hydrogens (tertiary/aromatic N) is 3. The summed E-state index contributed by atoms with van der Waals surface area (Å²) in [5.41, 5.74) is 2.31. The van der Waals surface area contributed by atoms with Crippen LogP contribution < -0.4 is 0 Å². The first-order valence-electron chi connectivity index (χ1n) is 8.20. The van der Waals surface area contributed by atoms with Gasteiger partial charge < -0.3 is 19.1 Å². The van der Waals surface area contributed by atoms with E-state index in [0.29, 0.717) is 0 Å². The van der Waals surface area contributed by atoms with E-state index in [2.05, 4.69) is 18.2 Å². The topological polar surface area (TPSA) is 39.9 Å². The van der Waals surface area contributed by atoms with E-state index in [1.165, 1.54) is 0 Å². The highest BCUT2D eigenvalue weighted by atomic mass is 35.5. The van der Waals surface area contributed by atoms with Gasteiger partial charge in [0.1, 0.15) is 11.1 Å². The van der Waals surface area contributed by atoms with Gasteiger partial charge in [-0.1, -0.05) is 18.2 Å². The Hall–Kier alpha value is -2.92. The number of carbonyl (C=O) groups is 1. The fourth-order valence-electron chi connectivity index (χ4n) is 3.63. The zero-order valence-electron chi connectivity index (χ0n) is 14.4. The van der Waals surface area contributed by atoms with Gasteiger partial charge in [-0.25, -0.2) is 4.79 Å². The monoisotopic (exact) mass is 367 g/mol. The van der Waals surface area contributed by atoms with Gasteiger partial charge in [-0.05, 0) is 30.4 Å². The number of urea groups is 1. The third-order valence-electron chi connectivity index (χ3n) is 5.15. The van der Waals surface area contributed by atoms with Gasteiger partial charge in [0.2, 0.25) is 0 Å². The number of amides is 2. The fourth-order valence-corrected chi connectivity index (χ4v) is 3.63. The molecule has 0 N–H and O–H groups in total. The molecule has 4 heterocycles. The minimum absolute atomic E-state index is 0. The highest BCUT2D eigenvalue weighted by molar-refractivity contribution is 5.95. The Morgan fingerprint density at radius 3 is 2.65 bits per heavy atom.